The van der Waals surface area contributed by atoms with Gasteiger partial charge in [-0.3, -0.25) is 4.79 Å². The molecule has 0 bridgehead atoms. The molecule has 0 radical (unpaired) electrons. The van der Waals surface area contributed by atoms with Crippen molar-refractivity contribution in [2.45, 2.75) is 117 Å². The van der Waals surface area contributed by atoms with Gasteiger partial charge in [0.1, 0.15) is 5.78 Å². The Morgan fingerprint density at radius 2 is 1.94 bits per heavy atom. The highest BCUT2D eigenvalue weighted by Gasteiger charge is 2.57. The first-order valence-electron chi connectivity index (χ1n) is 13.4. The number of fused-ring (bicyclic) bond motifs is 5. The number of carbonyl (C=O) groups is 1. The zero-order valence-electron chi connectivity index (χ0n) is 20.6. The highest BCUT2D eigenvalue weighted by atomic mass is 16.5. The molecule has 0 unspecified atom stereocenters. The molecule has 174 valence electrons. The van der Waals surface area contributed by atoms with E-state index in [1.807, 2.05) is 0 Å². The highest BCUT2D eigenvalue weighted by molar-refractivity contribution is 5.79. The van der Waals surface area contributed by atoms with Gasteiger partial charge in [-0.15, -0.1) is 0 Å². The second kappa shape index (κ2) is 7.97. The van der Waals surface area contributed by atoms with E-state index in [1.165, 1.54) is 38.5 Å². The second-order valence-electron chi connectivity index (χ2n) is 12.3. The fraction of sp³-hybridized carbons (Fsp3) is 0.893. The molecule has 5 aliphatic rings. The number of Topliss-reactive ketones (excluding diaryl/α,β-unsaturated/α-hetero) is 1. The second-order valence-corrected chi connectivity index (χ2v) is 12.3. The van der Waals surface area contributed by atoms with Crippen LogP contribution in [0, 0.1) is 35.0 Å². The summed E-state index contributed by atoms with van der Waals surface area (Å²) < 4.78 is 7.11. The number of ketones is 1. The smallest absolute Gasteiger partial charge is 0.133 e. The lowest BCUT2D eigenvalue weighted by molar-refractivity contribution is -0.130. The van der Waals surface area contributed by atoms with Gasteiger partial charge in [0.15, 0.2) is 0 Å². The molecular weight excluding hydrogens is 382 g/mol. The van der Waals surface area contributed by atoms with Crippen molar-refractivity contribution in [3.63, 3.8) is 0 Å². The quantitative estimate of drug-likeness (QED) is 0.556. The SMILES string of the molecule is CC[C@]1(O[C@@H]2C[C@H](C)CN[C@H]2C)CC[C@@H]2C(=C1C)C[C@H]1[C@H]2CC[C@@H]2CC(=O)CC[C@@]21C. The number of piperidine rings is 1. The summed E-state index contributed by atoms with van der Waals surface area (Å²) in [5.74, 6) is 4.28. The molecule has 0 aromatic heterocycles. The van der Waals surface area contributed by atoms with E-state index >= 15 is 0 Å². The van der Waals surface area contributed by atoms with E-state index < -0.39 is 0 Å². The molecule has 31 heavy (non-hydrogen) atoms. The fourth-order valence-corrected chi connectivity index (χ4v) is 8.74. The first kappa shape index (κ1) is 22.1. The third-order valence-corrected chi connectivity index (χ3v) is 10.9. The van der Waals surface area contributed by atoms with Crippen LogP contribution in [0.1, 0.15) is 98.8 Å². The van der Waals surface area contributed by atoms with E-state index in [1.54, 1.807) is 11.1 Å². The average molecular weight is 428 g/mol. The average Bonchev–Trinajstić information content (AvgIpc) is 3.14. The van der Waals surface area contributed by atoms with Gasteiger partial charge in [-0.05, 0) is 112 Å². The lowest BCUT2D eigenvalue weighted by Gasteiger charge is -2.52. The van der Waals surface area contributed by atoms with Gasteiger partial charge in [0.2, 0.25) is 0 Å². The number of hydrogen-bond donors (Lipinski definition) is 1. The Bertz CT molecular complexity index is 758. The van der Waals surface area contributed by atoms with Crippen LogP contribution >= 0.6 is 0 Å². The van der Waals surface area contributed by atoms with E-state index in [0.717, 1.165) is 50.0 Å². The number of carbonyl (C=O) groups excluding carboxylic acids is 1. The summed E-state index contributed by atoms with van der Waals surface area (Å²) in [6, 6.07) is 0.445. The summed E-state index contributed by atoms with van der Waals surface area (Å²) in [6.07, 6.45) is 11.8. The predicted molar refractivity (Wildman–Crippen MR) is 126 cm³/mol. The molecule has 0 amide bonds. The largest absolute Gasteiger partial charge is 0.366 e. The molecule has 5 rings (SSSR count). The Balaban J connectivity index is 1.43. The Kier molecular flexibility index (Phi) is 5.70. The van der Waals surface area contributed by atoms with Crippen LogP contribution in [-0.4, -0.2) is 30.1 Å². The van der Waals surface area contributed by atoms with Gasteiger partial charge >= 0.3 is 0 Å². The van der Waals surface area contributed by atoms with Crippen LogP contribution in [0.3, 0.4) is 0 Å². The maximum absolute atomic E-state index is 12.2. The highest BCUT2D eigenvalue weighted by Crippen LogP contribution is 2.65. The number of rotatable bonds is 3. The van der Waals surface area contributed by atoms with Crippen LogP contribution < -0.4 is 5.32 Å². The zero-order valence-corrected chi connectivity index (χ0v) is 20.6. The van der Waals surface area contributed by atoms with Crippen LogP contribution in [0.4, 0.5) is 0 Å². The first-order chi connectivity index (χ1) is 14.8. The summed E-state index contributed by atoms with van der Waals surface area (Å²) in [5, 5.41) is 3.69. The number of nitrogens with one attached hydrogen (secondary N) is 1. The molecule has 1 aliphatic heterocycles. The van der Waals surface area contributed by atoms with Gasteiger partial charge in [0, 0.05) is 18.9 Å². The number of allylic oxidation sites excluding steroid dienone is 1. The van der Waals surface area contributed by atoms with Crippen molar-refractivity contribution >= 4 is 5.78 Å². The van der Waals surface area contributed by atoms with Crippen molar-refractivity contribution < 1.29 is 9.53 Å². The van der Waals surface area contributed by atoms with E-state index in [4.69, 9.17) is 4.74 Å². The molecule has 9 atom stereocenters. The van der Waals surface area contributed by atoms with E-state index in [0.29, 0.717) is 35.2 Å². The molecule has 3 saturated carbocycles. The Morgan fingerprint density at radius 1 is 1.13 bits per heavy atom. The van der Waals surface area contributed by atoms with Crippen molar-refractivity contribution in [3.8, 4) is 0 Å². The Morgan fingerprint density at radius 3 is 2.71 bits per heavy atom. The van der Waals surface area contributed by atoms with Crippen LogP contribution in [0.25, 0.3) is 0 Å². The van der Waals surface area contributed by atoms with Gasteiger partial charge in [0.25, 0.3) is 0 Å². The van der Waals surface area contributed by atoms with Gasteiger partial charge in [0.05, 0.1) is 11.7 Å². The van der Waals surface area contributed by atoms with Crippen molar-refractivity contribution in [1.82, 2.24) is 5.32 Å². The third kappa shape index (κ3) is 3.48. The number of ether oxygens (including phenoxy) is 1. The normalized spacial score (nSPS) is 50.1. The lowest BCUT2D eigenvalue weighted by Crippen LogP contribution is -2.52. The minimum absolute atomic E-state index is 0.0557. The third-order valence-electron chi connectivity index (χ3n) is 10.9. The monoisotopic (exact) mass is 427 g/mol. The standard InChI is InChI=1S/C28H45NO2/c1-6-28(31-26-13-17(2)16-29-19(26)4)12-10-22-23-8-7-20-14-21(30)9-11-27(20,5)25(23)15-24(22)18(28)3/h17,19-20,22-23,25-26,29H,6-16H2,1-5H3/t17-,19-,20+,22-,23-,25-,26+,27-,28-/m0/s1. The maximum Gasteiger partial charge on any atom is 0.133 e. The van der Waals surface area contributed by atoms with Crippen LogP contribution in [-0.2, 0) is 9.53 Å². The molecule has 3 nitrogen and oxygen atoms in total. The van der Waals surface area contributed by atoms with E-state index in [9.17, 15) is 4.79 Å². The summed E-state index contributed by atoms with van der Waals surface area (Å²) in [6.45, 7) is 13.1. The summed E-state index contributed by atoms with van der Waals surface area (Å²) in [7, 11) is 0. The van der Waals surface area contributed by atoms with Gasteiger partial charge in [-0.25, -0.2) is 0 Å². The van der Waals surface area contributed by atoms with Crippen molar-refractivity contribution in [2.75, 3.05) is 6.54 Å². The van der Waals surface area contributed by atoms with Gasteiger partial charge in [-0.2, -0.15) is 0 Å². The molecule has 0 spiro atoms. The van der Waals surface area contributed by atoms with Crippen molar-refractivity contribution in [3.05, 3.63) is 11.1 Å². The molecule has 0 aromatic rings. The van der Waals surface area contributed by atoms with Crippen molar-refractivity contribution in [2.24, 2.45) is 35.0 Å². The summed E-state index contributed by atoms with van der Waals surface area (Å²) >= 11 is 0. The molecule has 1 N–H and O–H groups in total. The van der Waals surface area contributed by atoms with Gasteiger partial charge in [-0.1, -0.05) is 26.3 Å². The van der Waals surface area contributed by atoms with Crippen LogP contribution in [0.2, 0.25) is 0 Å². The predicted octanol–water partition coefficient (Wildman–Crippen LogP) is 6.07. The fourth-order valence-electron chi connectivity index (χ4n) is 8.74. The Hall–Kier alpha value is -0.670. The minimum atomic E-state index is -0.0557. The molecule has 4 fully saturated rings. The zero-order chi connectivity index (χ0) is 22.0. The minimum Gasteiger partial charge on any atom is -0.366 e. The van der Waals surface area contributed by atoms with Crippen LogP contribution in [0.15, 0.2) is 11.1 Å². The molecule has 0 aromatic carbocycles. The first-order valence-corrected chi connectivity index (χ1v) is 13.4. The van der Waals surface area contributed by atoms with E-state index in [2.05, 4.69) is 39.9 Å². The van der Waals surface area contributed by atoms with E-state index in [-0.39, 0.29) is 5.60 Å². The molecule has 4 aliphatic carbocycles. The molecule has 3 heteroatoms. The topological polar surface area (TPSA) is 38.3 Å². The number of hydrogen-bond acceptors (Lipinski definition) is 3. The van der Waals surface area contributed by atoms with Crippen molar-refractivity contribution in [1.29, 1.82) is 0 Å². The summed E-state index contributed by atoms with van der Waals surface area (Å²) in [4.78, 5) is 12.2. The lowest BCUT2D eigenvalue weighted by atomic mass is 9.52. The molecular formula is C28H45NO2. The van der Waals surface area contributed by atoms with Gasteiger partial charge < -0.3 is 10.1 Å². The molecule has 1 heterocycles. The maximum atomic E-state index is 12.2. The molecule has 1 saturated heterocycles. The van der Waals surface area contributed by atoms with Crippen LogP contribution in [0.5, 0.6) is 0 Å². The summed E-state index contributed by atoms with van der Waals surface area (Å²) in [5.41, 5.74) is 3.69. The Labute approximate surface area is 190 Å².